The molecule has 3 aromatic carbocycles. The molecule has 3 rings (SSSR count). The van der Waals surface area contributed by atoms with Crippen molar-refractivity contribution in [1.82, 2.24) is 0 Å². The predicted molar refractivity (Wildman–Crippen MR) is 114 cm³/mol. The van der Waals surface area contributed by atoms with Crippen LogP contribution in [0.5, 0.6) is 0 Å². The summed E-state index contributed by atoms with van der Waals surface area (Å²) in [7, 11) is 0. The Balaban J connectivity index is 2.39. The molecule has 0 bridgehead atoms. The first-order chi connectivity index (χ1) is 12.4. The van der Waals surface area contributed by atoms with Gasteiger partial charge in [0.25, 0.3) is 0 Å². The van der Waals surface area contributed by atoms with Gasteiger partial charge in [-0.05, 0) is 69.5 Å². The highest BCUT2D eigenvalue weighted by Crippen LogP contribution is 2.43. The Morgan fingerprint density at radius 1 is 0.500 bits per heavy atom. The van der Waals surface area contributed by atoms with Crippen molar-refractivity contribution in [3.63, 3.8) is 0 Å². The van der Waals surface area contributed by atoms with Gasteiger partial charge < -0.3 is 11.5 Å². The van der Waals surface area contributed by atoms with Gasteiger partial charge in [0.05, 0.1) is 0 Å². The van der Waals surface area contributed by atoms with E-state index < -0.39 is 0 Å². The molecule has 2 nitrogen and oxygen atoms in total. The van der Waals surface area contributed by atoms with Gasteiger partial charge >= 0.3 is 0 Å². The van der Waals surface area contributed by atoms with Gasteiger partial charge in [-0.25, -0.2) is 0 Å². The Morgan fingerprint density at radius 2 is 0.808 bits per heavy atom. The summed E-state index contributed by atoms with van der Waals surface area (Å²) in [5.41, 5.74) is 21.2. The highest BCUT2D eigenvalue weighted by molar-refractivity contribution is 5.89. The van der Waals surface area contributed by atoms with Crippen LogP contribution >= 0.6 is 0 Å². The smallest absolute Gasteiger partial charge is 0.0314 e. The molecule has 0 radical (unpaired) electrons. The zero-order chi connectivity index (χ0) is 18.8. The lowest BCUT2D eigenvalue weighted by Gasteiger charge is -2.23. The number of nitrogen functional groups attached to an aromatic ring is 2. The molecule has 0 fully saturated rings. The summed E-state index contributed by atoms with van der Waals surface area (Å²) in [6, 6.07) is 21.0. The lowest BCUT2D eigenvalue weighted by Crippen LogP contribution is -2.02. The van der Waals surface area contributed by atoms with Gasteiger partial charge in [0.1, 0.15) is 0 Å². The second kappa shape index (κ2) is 7.25. The van der Waals surface area contributed by atoms with Crippen molar-refractivity contribution < 1.29 is 0 Å². The third-order valence-electron chi connectivity index (χ3n) is 4.91. The largest absolute Gasteiger partial charge is 0.399 e. The van der Waals surface area contributed by atoms with Gasteiger partial charge in [-0.2, -0.15) is 0 Å². The molecule has 0 aliphatic carbocycles. The highest BCUT2D eigenvalue weighted by atomic mass is 14.5. The normalized spacial score (nSPS) is 11.3. The van der Waals surface area contributed by atoms with E-state index in [-0.39, 0.29) is 0 Å². The first-order valence-corrected chi connectivity index (χ1v) is 9.27. The Kier molecular flexibility index (Phi) is 5.03. The van der Waals surface area contributed by atoms with Gasteiger partial charge in [0.15, 0.2) is 0 Å². The van der Waals surface area contributed by atoms with E-state index in [4.69, 9.17) is 11.5 Å². The van der Waals surface area contributed by atoms with Crippen molar-refractivity contribution >= 4 is 11.4 Å². The van der Waals surface area contributed by atoms with Gasteiger partial charge in [-0.1, -0.05) is 64.1 Å². The predicted octanol–water partition coefficient (Wildman–Crippen LogP) is 6.43. The molecule has 0 atom stereocenters. The van der Waals surface area contributed by atoms with Crippen LogP contribution in [0.1, 0.15) is 50.7 Å². The summed E-state index contributed by atoms with van der Waals surface area (Å²) in [6.45, 7) is 8.99. The van der Waals surface area contributed by atoms with E-state index in [1.165, 1.54) is 33.4 Å². The summed E-state index contributed by atoms with van der Waals surface area (Å²) in [4.78, 5) is 0. The van der Waals surface area contributed by atoms with E-state index in [9.17, 15) is 0 Å². The van der Waals surface area contributed by atoms with Crippen LogP contribution in [-0.4, -0.2) is 0 Å². The van der Waals surface area contributed by atoms with E-state index in [2.05, 4.69) is 64.1 Å². The maximum Gasteiger partial charge on any atom is 0.0314 e. The molecule has 0 aliphatic rings. The van der Waals surface area contributed by atoms with Gasteiger partial charge in [0, 0.05) is 11.4 Å². The molecular weight excluding hydrogens is 316 g/mol. The minimum atomic E-state index is 0.427. The molecule has 0 aromatic heterocycles. The first-order valence-electron chi connectivity index (χ1n) is 9.27. The maximum atomic E-state index is 5.93. The van der Waals surface area contributed by atoms with E-state index in [0.717, 1.165) is 11.4 Å². The van der Waals surface area contributed by atoms with Crippen molar-refractivity contribution in [1.29, 1.82) is 0 Å². The van der Waals surface area contributed by atoms with Gasteiger partial charge in [-0.15, -0.1) is 0 Å². The molecule has 0 unspecified atom stereocenters. The van der Waals surface area contributed by atoms with Gasteiger partial charge in [-0.3, -0.25) is 0 Å². The molecule has 0 amide bonds. The topological polar surface area (TPSA) is 52.0 Å². The van der Waals surface area contributed by atoms with Crippen molar-refractivity contribution in [2.75, 3.05) is 11.5 Å². The third kappa shape index (κ3) is 3.45. The first kappa shape index (κ1) is 18.1. The molecule has 0 heterocycles. The Hall–Kier alpha value is -2.74. The molecular formula is C24H28N2. The lowest BCUT2D eigenvalue weighted by atomic mass is 9.81. The Labute approximate surface area is 156 Å². The summed E-state index contributed by atoms with van der Waals surface area (Å²) >= 11 is 0. The maximum absolute atomic E-state index is 5.93. The van der Waals surface area contributed by atoms with E-state index in [0.29, 0.717) is 11.8 Å². The fraction of sp³-hybridized carbons (Fsp3) is 0.250. The minimum Gasteiger partial charge on any atom is -0.399 e. The number of nitrogens with two attached hydrogens (primary N) is 2. The third-order valence-corrected chi connectivity index (χ3v) is 4.91. The van der Waals surface area contributed by atoms with Crippen LogP contribution in [0.15, 0.2) is 60.7 Å². The number of hydrogen-bond acceptors (Lipinski definition) is 2. The van der Waals surface area contributed by atoms with Crippen molar-refractivity contribution in [3.8, 4) is 22.3 Å². The lowest BCUT2D eigenvalue weighted by molar-refractivity contribution is 0.849. The molecule has 0 saturated heterocycles. The minimum absolute atomic E-state index is 0.427. The molecule has 2 heteroatoms. The second-order valence-electron chi connectivity index (χ2n) is 7.55. The van der Waals surface area contributed by atoms with Crippen LogP contribution in [0.2, 0.25) is 0 Å². The Morgan fingerprint density at radius 3 is 1.08 bits per heavy atom. The van der Waals surface area contributed by atoms with Crippen molar-refractivity contribution in [2.45, 2.75) is 39.5 Å². The van der Waals surface area contributed by atoms with Crippen LogP contribution in [0, 0.1) is 0 Å². The molecule has 26 heavy (non-hydrogen) atoms. The standard InChI is InChI=1S/C24H28N2/c1-15(2)21-13-14-22(16(3)4)24(18-7-11-20(26)12-8-18)23(21)17-5-9-19(25)10-6-17/h5-16H,25-26H2,1-4H3. The summed E-state index contributed by atoms with van der Waals surface area (Å²) in [5.74, 6) is 0.854. The monoisotopic (exact) mass is 344 g/mol. The molecule has 0 spiro atoms. The number of rotatable bonds is 4. The molecule has 4 N–H and O–H groups in total. The number of hydrogen-bond donors (Lipinski definition) is 2. The second-order valence-corrected chi connectivity index (χ2v) is 7.55. The van der Waals surface area contributed by atoms with E-state index in [1.54, 1.807) is 0 Å². The number of benzene rings is 3. The van der Waals surface area contributed by atoms with Crippen LogP contribution in [-0.2, 0) is 0 Å². The van der Waals surface area contributed by atoms with Crippen LogP contribution in [0.3, 0.4) is 0 Å². The van der Waals surface area contributed by atoms with Crippen molar-refractivity contribution in [3.05, 3.63) is 71.8 Å². The fourth-order valence-electron chi connectivity index (χ4n) is 3.52. The van der Waals surface area contributed by atoms with Crippen LogP contribution in [0.25, 0.3) is 22.3 Å². The quantitative estimate of drug-likeness (QED) is 0.536. The average molecular weight is 345 g/mol. The summed E-state index contributed by atoms with van der Waals surface area (Å²) in [5, 5.41) is 0. The zero-order valence-electron chi connectivity index (χ0n) is 16.1. The van der Waals surface area contributed by atoms with E-state index in [1.807, 2.05) is 24.3 Å². The van der Waals surface area contributed by atoms with Crippen molar-refractivity contribution in [2.24, 2.45) is 0 Å². The number of anilines is 2. The molecule has 134 valence electrons. The summed E-state index contributed by atoms with van der Waals surface area (Å²) < 4.78 is 0. The Bertz CT molecular complexity index is 812. The molecule has 0 saturated carbocycles. The average Bonchev–Trinajstić information content (AvgIpc) is 2.61. The molecule has 3 aromatic rings. The van der Waals surface area contributed by atoms with E-state index >= 15 is 0 Å². The van der Waals surface area contributed by atoms with Crippen LogP contribution < -0.4 is 11.5 Å². The SMILES string of the molecule is CC(C)c1ccc(C(C)C)c(-c2ccc(N)cc2)c1-c1ccc(N)cc1. The van der Waals surface area contributed by atoms with Crippen LogP contribution in [0.4, 0.5) is 11.4 Å². The fourth-order valence-corrected chi connectivity index (χ4v) is 3.52. The van der Waals surface area contributed by atoms with Gasteiger partial charge in [0.2, 0.25) is 0 Å². The summed E-state index contributed by atoms with van der Waals surface area (Å²) in [6.07, 6.45) is 0. The highest BCUT2D eigenvalue weighted by Gasteiger charge is 2.19. The zero-order valence-corrected chi connectivity index (χ0v) is 16.1. The molecule has 0 aliphatic heterocycles.